The molecule has 4 nitrogen and oxygen atoms in total. The van der Waals surface area contributed by atoms with Gasteiger partial charge >= 0.3 is 10.1 Å². The fourth-order valence-corrected chi connectivity index (χ4v) is 1.72. The van der Waals surface area contributed by atoms with E-state index in [0.717, 1.165) is 6.54 Å². The van der Waals surface area contributed by atoms with Gasteiger partial charge in [-0.1, -0.05) is 0 Å². The molecule has 0 aromatic rings. The maximum absolute atomic E-state index is 10.9. The van der Waals surface area contributed by atoms with Crippen LogP contribution >= 0.6 is 0 Å². The van der Waals surface area contributed by atoms with E-state index in [2.05, 4.69) is 4.18 Å². The van der Waals surface area contributed by atoms with Crippen LogP contribution in [0.4, 0.5) is 0 Å². The lowest BCUT2D eigenvalue weighted by Crippen LogP contribution is -2.43. The predicted molar refractivity (Wildman–Crippen MR) is 43.4 cm³/mol. The number of rotatable bonds is 4. The van der Waals surface area contributed by atoms with Crippen LogP contribution in [0.1, 0.15) is 6.92 Å². The van der Waals surface area contributed by atoms with Gasteiger partial charge in [0.25, 0.3) is 0 Å². The molecule has 0 aliphatic rings. The zero-order valence-corrected chi connectivity index (χ0v) is 8.31. The Hall–Kier alpha value is -0.130. The van der Waals surface area contributed by atoms with E-state index in [-0.39, 0.29) is 5.88 Å². The Labute approximate surface area is 68.5 Å². The van der Waals surface area contributed by atoms with Gasteiger partial charge in [-0.15, -0.1) is 0 Å². The summed E-state index contributed by atoms with van der Waals surface area (Å²) in [4.78, 5) is 0. The lowest BCUT2D eigenvalue weighted by atomic mass is 10.6. The summed E-state index contributed by atoms with van der Waals surface area (Å²) in [5.74, 6) is 0.0278. The molecule has 0 radical (unpaired) electrons. The minimum Gasteiger partial charge on any atom is -0.314 e. The van der Waals surface area contributed by atoms with E-state index in [9.17, 15) is 8.42 Å². The Kier molecular flexibility index (Phi) is 3.47. The van der Waals surface area contributed by atoms with Crippen LogP contribution in [0.3, 0.4) is 0 Å². The largest absolute Gasteiger partial charge is 0.318 e. The minimum absolute atomic E-state index is 0.0278. The lowest BCUT2D eigenvalue weighted by Gasteiger charge is -2.26. The van der Waals surface area contributed by atoms with E-state index in [1.54, 1.807) is 0 Å². The van der Waals surface area contributed by atoms with E-state index in [0.29, 0.717) is 4.48 Å². The third-order valence-electron chi connectivity index (χ3n) is 1.62. The topological polar surface area (TPSA) is 43.4 Å². The van der Waals surface area contributed by atoms with Crippen molar-refractivity contribution in [3.63, 3.8) is 0 Å². The monoisotopic (exact) mass is 182 g/mol. The highest BCUT2D eigenvalue weighted by Gasteiger charge is 2.22. The van der Waals surface area contributed by atoms with E-state index in [1.165, 1.54) is 7.11 Å². The molecule has 0 atom stereocenters. The molecule has 0 unspecified atom stereocenters. The molecule has 0 saturated heterocycles. The SMILES string of the molecule is CC[N+](C)(C)CS(=O)(=O)OC. The van der Waals surface area contributed by atoms with Crippen molar-refractivity contribution in [1.82, 2.24) is 0 Å². The standard InChI is InChI=1S/C6H16NO3S/c1-5-7(2,3)6-11(8,9)10-4/h5-6H2,1-4H3/q+1. The molecule has 0 spiro atoms. The fourth-order valence-electron chi connectivity index (χ4n) is 0.572. The van der Waals surface area contributed by atoms with Crippen molar-refractivity contribution < 1.29 is 17.1 Å². The first-order chi connectivity index (χ1) is 4.83. The van der Waals surface area contributed by atoms with Crippen LogP contribution in [0, 0.1) is 0 Å². The number of hydrogen-bond donors (Lipinski definition) is 0. The van der Waals surface area contributed by atoms with Crippen LogP contribution in [0.25, 0.3) is 0 Å². The molecule has 0 amide bonds. The summed E-state index contributed by atoms with van der Waals surface area (Å²) in [6.45, 7) is 2.70. The van der Waals surface area contributed by atoms with E-state index in [4.69, 9.17) is 0 Å². The molecule has 0 aromatic heterocycles. The van der Waals surface area contributed by atoms with Crippen LogP contribution in [0.2, 0.25) is 0 Å². The maximum atomic E-state index is 10.9. The van der Waals surface area contributed by atoms with Crippen molar-refractivity contribution in [2.24, 2.45) is 0 Å². The maximum Gasteiger partial charge on any atom is 0.318 e. The quantitative estimate of drug-likeness (QED) is 0.454. The van der Waals surface area contributed by atoms with Gasteiger partial charge < -0.3 is 4.48 Å². The molecule has 0 heterocycles. The van der Waals surface area contributed by atoms with Crippen molar-refractivity contribution in [3.8, 4) is 0 Å². The minimum atomic E-state index is -3.32. The smallest absolute Gasteiger partial charge is 0.314 e. The Morgan fingerprint density at radius 2 is 1.82 bits per heavy atom. The average Bonchev–Trinajstić information content (AvgIpc) is 1.86. The van der Waals surface area contributed by atoms with Gasteiger partial charge in [0.2, 0.25) is 5.88 Å². The normalized spacial score (nSPS) is 13.5. The van der Waals surface area contributed by atoms with Gasteiger partial charge in [0.05, 0.1) is 27.7 Å². The van der Waals surface area contributed by atoms with E-state index in [1.807, 2.05) is 21.0 Å². The van der Waals surface area contributed by atoms with Crippen LogP contribution in [-0.2, 0) is 14.3 Å². The summed E-state index contributed by atoms with van der Waals surface area (Å²) in [6.07, 6.45) is 0. The highest BCUT2D eigenvalue weighted by molar-refractivity contribution is 7.86. The third kappa shape index (κ3) is 4.34. The first-order valence-electron chi connectivity index (χ1n) is 3.43. The van der Waals surface area contributed by atoms with Crippen molar-refractivity contribution in [2.75, 3.05) is 33.6 Å². The Morgan fingerprint density at radius 1 is 1.36 bits per heavy atom. The van der Waals surface area contributed by atoms with Gasteiger partial charge in [-0.2, -0.15) is 8.42 Å². The van der Waals surface area contributed by atoms with Gasteiger partial charge in [-0.05, 0) is 6.92 Å². The van der Waals surface area contributed by atoms with Crippen LogP contribution < -0.4 is 0 Å². The van der Waals surface area contributed by atoms with Crippen molar-refractivity contribution in [2.45, 2.75) is 6.92 Å². The molecule has 0 aliphatic carbocycles. The predicted octanol–water partition coefficient (Wildman–Crippen LogP) is 0.0164. The second-order valence-corrected chi connectivity index (χ2v) is 4.81. The molecule has 0 aliphatic heterocycles. The number of nitrogens with zero attached hydrogens (tertiary/aromatic N) is 1. The van der Waals surface area contributed by atoms with Gasteiger partial charge in [0.15, 0.2) is 0 Å². The van der Waals surface area contributed by atoms with Gasteiger partial charge in [0.1, 0.15) is 0 Å². The van der Waals surface area contributed by atoms with E-state index >= 15 is 0 Å². The van der Waals surface area contributed by atoms with Crippen molar-refractivity contribution in [1.29, 1.82) is 0 Å². The van der Waals surface area contributed by atoms with Crippen molar-refractivity contribution in [3.05, 3.63) is 0 Å². The average molecular weight is 182 g/mol. The first kappa shape index (κ1) is 10.9. The fraction of sp³-hybridized carbons (Fsp3) is 1.00. The summed E-state index contributed by atoms with van der Waals surface area (Å²) in [5.41, 5.74) is 0. The highest BCUT2D eigenvalue weighted by atomic mass is 32.2. The second-order valence-electron chi connectivity index (χ2n) is 3.11. The van der Waals surface area contributed by atoms with Crippen molar-refractivity contribution >= 4 is 10.1 Å². The highest BCUT2D eigenvalue weighted by Crippen LogP contribution is 2.01. The molecule has 0 rings (SSSR count). The zero-order valence-electron chi connectivity index (χ0n) is 7.49. The van der Waals surface area contributed by atoms with Crippen LogP contribution in [0.5, 0.6) is 0 Å². The zero-order chi connectivity index (χ0) is 9.12. The summed E-state index contributed by atoms with van der Waals surface area (Å²) in [5, 5.41) is 0. The van der Waals surface area contributed by atoms with Gasteiger partial charge in [-0.25, -0.2) is 0 Å². The van der Waals surface area contributed by atoms with E-state index < -0.39 is 10.1 Å². The third-order valence-corrected chi connectivity index (χ3v) is 3.14. The number of hydrogen-bond acceptors (Lipinski definition) is 3. The van der Waals surface area contributed by atoms with Gasteiger partial charge in [-0.3, -0.25) is 4.18 Å². The molecule has 68 valence electrons. The first-order valence-corrected chi connectivity index (χ1v) is 5.01. The Bertz CT molecular complexity index is 208. The molecule has 0 aromatic carbocycles. The van der Waals surface area contributed by atoms with Crippen LogP contribution in [0.15, 0.2) is 0 Å². The molecule has 0 bridgehead atoms. The summed E-state index contributed by atoms with van der Waals surface area (Å²) >= 11 is 0. The summed E-state index contributed by atoms with van der Waals surface area (Å²) in [7, 11) is 1.56. The Balaban J connectivity index is 4.26. The molecular weight excluding hydrogens is 166 g/mol. The molecule has 11 heavy (non-hydrogen) atoms. The van der Waals surface area contributed by atoms with Crippen LogP contribution in [-0.4, -0.2) is 46.5 Å². The molecule has 5 heteroatoms. The Morgan fingerprint density at radius 3 is 2.09 bits per heavy atom. The summed E-state index contributed by atoms with van der Waals surface area (Å²) < 4.78 is 26.6. The molecular formula is C6H16NO3S+. The summed E-state index contributed by atoms with van der Waals surface area (Å²) in [6, 6.07) is 0. The number of quaternary nitrogens is 1. The molecule has 0 fully saturated rings. The molecule has 0 N–H and O–H groups in total. The van der Waals surface area contributed by atoms with Gasteiger partial charge in [0, 0.05) is 0 Å². The second kappa shape index (κ2) is 3.51. The molecule has 0 saturated carbocycles. The lowest BCUT2D eigenvalue weighted by molar-refractivity contribution is -0.876.